The molecule has 0 spiro atoms. The molecule has 0 aromatic heterocycles. The van der Waals surface area contributed by atoms with Crippen molar-refractivity contribution in [2.24, 2.45) is 0 Å². The number of ether oxygens (including phenoxy) is 3. The zero-order valence-electron chi connectivity index (χ0n) is 10.2. The van der Waals surface area contributed by atoms with Gasteiger partial charge in [0.25, 0.3) is 0 Å². The fourth-order valence-corrected chi connectivity index (χ4v) is 2.72. The standard InChI is InChI=1S/C14H17ClO3/c15-14(13-9-16-6-7-18-13)11-3-4-12-10(8-11)2-1-5-17-12/h3-4,8,13-14H,1-2,5-7,9H2. The van der Waals surface area contributed by atoms with E-state index in [1.54, 1.807) is 0 Å². The highest BCUT2D eigenvalue weighted by molar-refractivity contribution is 6.21. The molecule has 0 saturated carbocycles. The van der Waals surface area contributed by atoms with Gasteiger partial charge in [-0.3, -0.25) is 0 Å². The van der Waals surface area contributed by atoms with E-state index in [0.717, 1.165) is 30.8 Å². The number of aryl methyl sites for hydroxylation is 1. The van der Waals surface area contributed by atoms with Gasteiger partial charge in [-0.25, -0.2) is 0 Å². The molecule has 2 aliphatic rings. The molecule has 0 radical (unpaired) electrons. The summed E-state index contributed by atoms with van der Waals surface area (Å²) in [6.45, 7) is 2.68. The lowest BCUT2D eigenvalue weighted by atomic mass is 10.00. The second-order valence-corrected chi connectivity index (χ2v) is 5.18. The van der Waals surface area contributed by atoms with Crippen molar-refractivity contribution in [3.63, 3.8) is 0 Å². The van der Waals surface area contributed by atoms with Gasteiger partial charge >= 0.3 is 0 Å². The first-order valence-corrected chi connectivity index (χ1v) is 6.87. The summed E-state index contributed by atoms with van der Waals surface area (Å²) in [5, 5.41) is -0.155. The molecular formula is C14H17ClO3. The van der Waals surface area contributed by atoms with E-state index in [1.807, 2.05) is 12.1 Å². The number of fused-ring (bicyclic) bond motifs is 1. The first kappa shape index (κ1) is 12.3. The summed E-state index contributed by atoms with van der Waals surface area (Å²) in [5.41, 5.74) is 2.34. The molecule has 0 bridgehead atoms. The Morgan fingerprint density at radius 3 is 3.00 bits per heavy atom. The molecule has 4 heteroatoms. The summed E-state index contributed by atoms with van der Waals surface area (Å²) < 4.78 is 16.7. The highest BCUT2D eigenvalue weighted by Crippen LogP contribution is 2.33. The molecule has 2 heterocycles. The zero-order chi connectivity index (χ0) is 12.4. The van der Waals surface area contributed by atoms with Crippen LogP contribution in [0.1, 0.15) is 22.9 Å². The molecule has 0 aliphatic carbocycles. The summed E-state index contributed by atoms with van der Waals surface area (Å²) in [4.78, 5) is 0. The Bertz CT molecular complexity index is 416. The molecule has 98 valence electrons. The molecule has 3 nitrogen and oxygen atoms in total. The number of alkyl halides is 1. The van der Waals surface area contributed by atoms with Crippen LogP contribution in [0.5, 0.6) is 5.75 Å². The van der Waals surface area contributed by atoms with Crippen LogP contribution in [0.4, 0.5) is 0 Å². The Morgan fingerprint density at radius 2 is 2.17 bits per heavy atom. The van der Waals surface area contributed by atoms with Gasteiger partial charge in [0.2, 0.25) is 0 Å². The van der Waals surface area contributed by atoms with Gasteiger partial charge < -0.3 is 14.2 Å². The maximum absolute atomic E-state index is 6.48. The molecule has 3 rings (SSSR count). The molecule has 1 fully saturated rings. The second kappa shape index (κ2) is 5.47. The van der Waals surface area contributed by atoms with Gasteiger partial charge in [0, 0.05) is 0 Å². The molecule has 1 aromatic carbocycles. The van der Waals surface area contributed by atoms with E-state index in [2.05, 4.69) is 6.07 Å². The highest BCUT2D eigenvalue weighted by atomic mass is 35.5. The number of rotatable bonds is 2. The van der Waals surface area contributed by atoms with Crippen LogP contribution in [0.15, 0.2) is 18.2 Å². The van der Waals surface area contributed by atoms with E-state index < -0.39 is 0 Å². The van der Waals surface area contributed by atoms with Crippen molar-refractivity contribution >= 4 is 11.6 Å². The Balaban J connectivity index is 1.78. The zero-order valence-corrected chi connectivity index (χ0v) is 11.0. The first-order valence-electron chi connectivity index (χ1n) is 6.43. The number of halogens is 1. The SMILES string of the molecule is ClC(c1ccc2c(c1)CCCO2)C1COCCO1. The van der Waals surface area contributed by atoms with Crippen LogP contribution in [0, 0.1) is 0 Å². The van der Waals surface area contributed by atoms with E-state index in [4.69, 9.17) is 25.8 Å². The average Bonchev–Trinajstić information content (AvgIpc) is 2.47. The minimum absolute atomic E-state index is 0.0528. The second-order valence-electron chi connectivity index (χ2n) is 4.71. The molecule has 18 heavy (non-hydrogen) atoms. The summed E-state index contributed by atoms with van der Waals surface area (Å²) in [5.74, 6) is 0.995. The van der Waals surface area contributed by atoms with Crippen molar-refractivity contribution in [2.45, 2.75) is 24.3 Å². The van der Waals surface area contributed by atoms with Gasteiger partial charge in [0.05, 0.1) is 31.8 Å². The van der Waals surface area contributed by atoms with Crippen LogP contribution in [0.25, 0.3) is 0 Å². The van der Waals surface area contributed by atoms with Crippen LogP contribution in [0.3, 0.4) is 0 Å². The maximum Gasteiger partial charge on any atom is 0.122 e. The summed E-state index contributed by atoms with van der Waals surface area (Å²) >= 11 is 6.48. The number of hydrogen-bond donors (Lipinski definition) is 0. The third kappa shape index (κ3) is 2.48. The summed E-state index contributed by atoms with van der Waals surface area (Å²) in [7, 11) is 0. The predicted octanol–water partition coefficient (Wildman–Crippen LogP) is 2.71. The van der Waals surface area contributed by atoms with Gasteiger partial charge in [0.15, 0.2) is 0 Å². The molecule has 1 aromatic rings. The third-order valence-electron chi connectivity index (χ3n) is 3.42. The average molecular weight is 269 g/mol. The lowest BCUT2D eigenvalue weighted by Gasteiger charge is -2.27. The molecule has 0 N–H and O–H groups in total. The Hall–Kier alpha value is -0.770. The number of hydrogen-bond acceptors (Lipinski definition) is 3. The Labute approximate surface area is 112 Å². The van der Waals surface area contributed by atoms with Gasteiger partial charge in [-0.2, -0.15) is 0 Å². The van der Waals surface area contributed by atoms with E-state index in [0.29, 0.717) is 19.8 Å². The molecule has 0 amide bonds. The molecule has 2 aliphatic heterocycles. The van der Waals surface area contributed by atoms with E-state index in [9.17, 15) is 0 Å². The van der Waals surface area contributed by atoms with Crippen molar-refractivity contribution in [3.8, 4) is 5.75 Å². The summed E-state index contributed by atoms with van der Waals surface area (Å²) in [6.07, 6.45) is 2.09. The molecular weight excluding hydrogens is 252 g/mol. The quantitative estimate of drug-likeness (QED) is 0.772. The maximum atomic E-state index is 6.48. The minimum Gasteiger partial charge on any atom is -0.493 e. The van der Waals surface area contributed by atoms with Crippen LogP contribution < -0.4 is 4.74 Å². The van der Waals surface area contributed by atoms with Gasteiger partial charge in [-0.05, 0) is 30.0 Å². The number of benzene rings is 1. The first-order chi connectivity index (χ1) is 8.84. The monoisotopic (exact) mass is 268 g/mol. The Kier molecular flexibility index (Phi) is 3.73. The van der Waals surface area contributed by atoms with Crippen LogP contribution in [-0.2, 0) is 15.9 Å². The third-order valence-corrected chi connectivity index (χ3v) is 3.95. The van der Waals surface area contributed by atoms with Gasteiger partial charge in [-0.15, -0.1) is 11.6 Å². The highest BCUT2D eigenvalue weighted by Gasteiger charge is 2.25. The predicted molar refractivity (Wildman–Crippen MR) is 69.4 cm³/mol. The summed E-state index contributed by atoms with van der Waals surface area (Å²) in [6, 6.07) is 6.19. The van der Waals surface area contributed by atoms with E-state index in [-0.39, 0.29) is 11.5 Å². The van der Waals surface area contributed by atoms with Crippen molar-refractivity contribution in [2.75, 3.05) is 26.4 Å². The fraction of sp³-hybridized carbons (Fsp3) is 0.571. The molecule has 2 unspecified atom stereocenters. The van der Waals surface area contributed by atoms with Gasteiger partial charge in [-0.1, -0.05) is 12.1 Å². The lowest BCUT2D eigenvalue weighted by Crippen LogP contribution is -2.32. The smallest absolute Gasteiger partial charge is 0.122 e. The Morgan fingerprint density at radius 1 is 1.22 bits per heavy atom. The van der Waals surface area contributed by atoms with Crippen LogP contribution >= 0.6 is 11.6 Å². The molecule has 1 saturated heterocycles. The topological polar surface area (TPSA) is 27.7 Å². The van der Waals surface area contributed by atoms with Crippen LogP contribution in [0.2, 0.25) is 0 Å². The van der Waals surface area contributed by atoms with E-state index in [1.165, 1.54) is 5.56 Å². The van der Waals surface area contributed by atoms with Crippen molar-refractivity contribution in [1.82, 2.24) is 0 Å². The van der Waals surface area contributed by atoms with Crippen molar-refractivity contribution in [3.05, 3.63) is 29.3 Å². The van der Waals surface area contributed by atoms with Crippen molar-refractivity contribution < 1.29 is 14.2 Å². The normalized spacial score (nSPS) is 25.1. The lowest BCUT2D eigenvalue weighted by molar-refractivity contribution is -0.0892. The largest absolute Gasteiger partial charge is 0.493 e. The van der Waals surface area contributed by atoms with Crippen LogP contribution in [-0.4, -0.2) is 32.5 Å². The minimum atomic E-state index is -0.155. The van der Waals surface area contributed by atoms with E-state index >= 15 is 0 Å². The molecule has 2 atom stereocenters. The van der Waals surface area contributed by atoms with Gasteiger partial charge in [0.1, 0.15) is 11.9 Å². The fourth-order valence-electron chi connectivity index (χ4n) is 2.44. The van der Waals surface area contributed by atoms with Crippen molar-refractivity contribution in [1.29, 1.82) is 0 Å².